The molecule has 1 atom stereocenters. The summed E-state index contributed by atoms with van der Waals surface area (Å²) in [5, 5.41) is 3.57. The lowest BCUT2D eigenvalue weighted by Crippen LogP contribution is -2.33. The Morgan fingerprint density at radius 2 is 1.97 bits per heavy atom. The van der Waals surface area contributed by atoms with E-state index in [1.54, 1.807) is 19.2 Å². The van der Waals surface area contributed by atoms with Crippen molar-refractivity contribution < 1.29 is 9.53 Å². The van der Waals surface area contributed by atoms with Gasteiger partial charge in [-0.05, 0) is 36.8 Å². The first kappa shape index (κ1) is 21.1. The minimum atomic E-state index is -0.281. The van der Waals surface area contributed by atoms with E-state index in [0.29, 0.717) is 21.0 Å². The van der Waals surface area contributed by atoms with Crippen LogP contribution >= 0.6 is 22.9 Å². The first-order valence-corrected chi connectivity index (χ1v) is 10.8. The minimum absolute atomic E-state index is 0.116. The van der Waals surface area contributed by atoms with Gasteiger partial charge in [0.25, 0.3) is 5.56 Å². The number of benzene rings is 2. The first-order valence-electron chi connectivity index (χ1n) is 9.63. The van der Waals surface area contributed by atoms with Gasteiger partial charge in [0.15, 0.2) is 0 Å². The highest BCUT2D eigenvalue weighted by Gasteiger charge is 2.16. The number of thiophene rings is 1. The molecule has 0 aliphatic carbocycles. The average Bonchev–Trinajstić information content (AvgIpc) is 3.21. The van der Waals surface area contributed by atoms with Gasteiger partial charge in [-0.3, -0.25) is 14.2 Å². The number of nitrogens with zero attached hydrogens (tertiary/aromatic N) is 2. The largest absolute Gasteiger partial charge is 0.496 e. The Morgan fingerprint density at radius 3 is 2.71 bits per heavy atom. The van der Waals surface area contributed by atoms with E-state index >= 15 is 0 Å². The van der Waals surface area contributed by atoms with Gasteiger partial charge in [-0.15, -0.1) is 11.3 Å². The van der Waals surface area contributed by atoms with Crippen LogP contribution in [0.1, 0.15) is 18.5 Å². The predicted octanol–water partition coefficient (Wildman–Crippen LogP) is 4.66. The van der Waals surface area contributed by atoms with Crippen molar-refractivity contribution in [1.29, 1.82) is 0 Å². The van der Waals surface area contributed by atoms with Crippen LogP contribution in [0.2, 0.25) is 5.02 Å². The number of halogens is 1. The van der Waals surface area contributed by atoms with Gasteiger partial charge < -0.3 is 10.1 Å². The molecular formula is C23H20ClN3O3S. The molecule has 0 aliphatic rings. The van der Waals surface area contributed by atoms with Crippen LogP contribution in [0.3, 0.4) is 0 Å². The van der Waals surface area contributed by atoms with Crippen molar-refractivity contribution in [1.82, 2.24) is 14.9 Å². The van der Waals surface area contributed by atoms with E-state index in [4.69, 9.17) is 16.3 Å². The van der Waals surface area contributed by atoms with Crippen molar-refractivity contribution in [2.75, 3.05) is 7.11 Å². The molecule has 2 aromatic carbocycles. The standard InChI is InChI=1S/C23H20ClN3O3S/c1-14(17-5-3-4-6-19(17)30-2)26-21(28)12-27-13-25-18-11-20(31-22(18)23(27)29)15-7-9-16(24)10-8-15/h3-11,13-14H,12H2,1-2H3,(H,26,28)/t14-/m0/s1. The van der Waals surface area contributed by atoms with Gasteiger partial charge in [0.05, 0.1) is 25.0 Å². The van der Waals surface area contributed by atoms with Gasteiger partial charge >= 0.3 is 0 Å². The van der Waals surface area contributed by atoms with Gasteiger partial charge in [-0.25, -0.2) is 4.98 Å². The Bertz CT molecular complexity index is 1300. The van der Waals surface area contributed by atoms with Crippen LogP contribution in [0.25, 0.3) is 20.7 Å². The van der Waals surface area contributed by atoms with Crippen LogP contribution < -0.4 is 15.6 Å². The number of hydrogen-bond donors (Lipinski definition) is 1. The summed E-state index contributed by atoms with van der Waals surface area (Å²) in [5.74, 6) is 0.417. The van der Waals surface area contributed by atoms with Crippen LogP contribution in [0, 0.1) is 0 Å². The molecule has 0 saturated carbocycles. The summed E-state index contributed by atoms with van der Waals surface area (Å²) in [4.78, 5) is 30.8. The number of amides is 1. The highest BCUT2D eigenvalue weighted by atomic mass is 35.5. The molecule has 6 nitrogen and oxygen atoms in total. The fourth-order valence-electron chi connectivity index (χ4n) is 3.36. The zero-order valence-electron chi connectivity index (χ0n) is 17.0. The molecule has 4 aromatic rings. The Morgan fingerprint density at radius 1 is 1.23 bits per heavy atom. The highest BCUT2D eigenvalue weighted by Crippen LogP contribution is 2.31. The monoisotopic (exact) mass is 453 g/mol. The van der Waals surface area contributed by atoms with E-state index in [2.05, 4.69) is 10.3 Å². The lowest BCUT2D eigenvalue weighted by molar-refractivity contribution is -0.122. The molecule has 31 heavy (non-hydrogen) atoms. The number of methoxy groups -OCH3 is 1. The molecule has 2 aromatic heterocycles. The van der Waals surface area contributed by atoms with E-state index < -0.39 is 0 Å². The van der Waals surface area contributed by atoms with Crippen molar-refractivity contribution >= 4 is 39.1 Å². The Kier molecular flexibility index (Phi) is 6.06. The summed E-state index contributed by atoms with van der Waals surface area (Å²) in [6.07, 6.45) is 1.41. The second-order valence-corrected chi connectivity index (χ2v) is 8.53. The summed E-state index contributed by atoms with van der Waals surface area (Å²) >= 11 is 7.31. The van der Waals surface area contributed by atoms with Gasteiger partial charge in [0, 0.05) is 15.5 Å². The van der Waals surface area contributed by atoms with E-state index in [1.165, 1.54) is 22.2 Å². The molecule has 0 aliphatic heterocycles. The number of carbonyl (C=O) groups excluding carboxylic acids is 1. The van der Waals surface area contributed by atoms with E-state index in [0.717, 1.165) is 16.0 Å². The third-order valence-corrected chi connectivity index (χ3v) is 6.34. The minimum Gasteiger partial charge on any atom is -0.496 e. The van der Waals surface area contributed by atoms with Crippen molar-refractivity contribution in [3.8, 4) is 16.2 Å². The van der Waals surface area contributed by atoms with Gasteiger partial charge in [-0.2, -0.15) is 0 Å². The van der Waals surface area contributed by atoms with Gasteiger partial charge in [0.2, 0.25) is 5.91 Å². The van der Waals surface area contributed by atoms with Crippen molar-refractivity contribution in [3.63, 3.8) is 0 Å². The Balaban J connectivity index is 1.54. The third-order valence-electron chi connectivity index (χ3n) is 4.93. The third kappa shape index (κ3) is 4.47. The van der Waals surface area contributed by atoms with E-state index in [9.17, 15) is 9.59 Å². The van der Waals surface area contributed by atoms with Crippen LogP contribution in [-0.2, 0) is 11.3 Å². The molecule has 1 amide bonds. The molecule has 0 bridgehead atoms. The maximum absolute atomic E-state index is 12.9. The van der Waals surface area contributed by atoms with Gasteiger partial charge in [-0.1, -0.05) is 41.9 Å². The van der Waals surface area contributed by atoms with Crippen molar-refractivity contribution in [2.45, 2.75) is 19.5 Å². The number of hydrogen-bond acceptors (Lipinski definition) is 5. The van der Waals surface area contributed by atoms with Gasteiger partial charge in [0.1, 0.15) is 17.0 Å². The topological polar surface area (TPSA) is 73.2 Å². The normalized spacial score (nSPS) is 12.0. The maximum Gasteiger partial charge on any atom is 0.271 e. The molecular weight excluding hydrogens is 434 g/mol. The van der Waals surface area contributed by atoms with Crippen LogP contribution in [-0.4, -0.2) is 22.6 Å². The lowest BCUT2D eigenvalue weighted by atomic mass is 10.1. The fraction of sp³-hybridized carbons (Fsp3) is 0.174. The zero-order chi connectivity index (χ0) is 22.0. The fourth-order valence-corrected chi connectivity index (χ4v) is 4.55. The SMILES string of the molecule is COc1ccccc1[C@H](C)NC(=O)Cn1cnc2cc(-c3ccc(Cl)cc3)sc2c1=O. The van der Waals surface area contributed by atoms with Crippen molar-refractivity contribution in [3.05, 3.63) is 81.9 Å². The molecule has 8 heteroatoms. The highest BCUT2D eigenvalue weighted by molar-refractivity contribution is 7.22. The number of nitrogens with one attached hydrogen (secondary N) is 1. The number of para-hydroxylation sites is 1. The molecule has 0 saturated heterocycles. The molecule has 0 unspecified atom stereocenters. The van der Waals surface area contributed by atoms with E-state index in [-0.39, 0.29) is 24.1 Å². The molecule has 2 heterocycles. The second kappa shape index (κ2) is 8.91. The lowest BCUT2D eigenvalue weighted by Gasteiger charge is -2.17. The van der Waals surface area contributed by atoms with Crippen LogP contribution in [0.5, 0.6) is 5.75 Å². The predicted molar refractivity (Wildman–Crippen MR) is 124 cm³/mol. The maximum atomic E-state index is 12.9. The Hall–Kier alpha value is -3.16. The summed E-state index contributed by atoms with van der Waals surface area (Å²) < 4.78 is 7.20. The zero-order valence-corrected chi connectivity index (χ0v) is 18.5. The molecule has 0 fully saturated rings. The van der Waals surface area contributed by atoms with Crippen LogP contribution in [0.4, 0.5) is 0 Å². The summed E-state index contributed by atoms with van der Waals surface area (Å²) in [7, 11) is 1.59. The molecule has 158 valence electrons. The molecule has 1 N–H and O–H groups in total. The quantitative estimate of drug-likeness (QED) is 0.460. The Labute approximate surface area is 188 Å². The summed E-state index contributed by atoms with van der Waals surface area (Å²) in [6.45, 7) is 1.76. The molecule has 0 spiro atoms. The smallest absolute Gasteiger partial charge is 0.271 e. The number of aromatic nitrogens is 2. The molecule has 0 radical (unpaired) electrons. The number of carbonyl (C=O) groups is 1. The van der Waals surface area contributed by atoms with E-state index in [1.807, 2.05) is 49.4 Å². The summed E-state index contributed by atoms with van der Waals surface area (Å²) in [6, 6.07) is 16.5. The average molecular weight is 454 g/mol. The summed E-state index contributed by atoms with van der Waals surface area (Å²) in [5.41, 5.74) is 2.20. The first-order chi connectivity index (χ1) is 15.0. The number of ether oxygens (including phenoxy) is 1. The molecule has 4 rings (SSSR count). The number of fused-ring (bicyclic) bond motifs is 1. The second-order valence-electron chi connectivity index (χ2n) is 7.04. The van der Waals surface area contributed by atoms with Crippen molar-refractivity contribution in [2.24, 2.45) is 0 Å². The van der Waals surface area contributed by atoms with Crippen LogP contribution in [0.15, 0.2) is 65.7 Å². The number of rotatable bonds is 6.